The van der Waals surface area contributed by atoms with Crippen molar-refractivity contribution in [2.24, 2.45) is 0 Å². The van der Waals surface area contributed by atoms with Gasteiger partial charge in [-0.15, -0.1) is 0 Å². The summed E-state index contributed by atoms with van der Waals surface area (Å²) in [5, 5.41) is 29.8. The molecule has 0 unspecified atom stereocenters. The zero-order valence-electron chi connectivity index (χ0n) is 14.8. The minimum atomic E-state index is -0.908. The number of rotatable bonds is 9. The molecule has 1 aromatic carbocycles. The second kappa shape index (κ2) is 8.43. The van der Waals surface area contributed by atoms with Crippen LogP contribution in [0.5, 0.6) is 0 Å². The van der Waals surface area contributed by atoms with Crippen LogP contribution in [0, 0.1) is 10.1 Å². The number of carbonyl (C=O) groups is 3. The van der Waals surface area contributed by atoms with Crippen molar-refractivity contribution in [3.63, 3.8) is 0 Å². The van der Waals surface area contributed by atoms with Crippen LogP contribution in [0.2, 0.25) is 0 Å². The molecule has 0 aromatic heterocycles. The molecule has 0 spiro atoms. The lowest BCUT2D eigenvalue weighted by Crippen LogP contribution is -2.32. The highest BCUT2D eigenvalue weighted by Gasteiger charge is 2.42. The van der Waals surface area contributed by atoms with Crippen molar-refractivity contribution in [1.29, 1.82) is 0 Å². The molecule has 1 aliphatic rings. The highest BCUT2D eigenvalue weighted by atomic mass is 16.6. The maximum absolute atomic E-state index is 12.4. The predicted octanol–water partition coefficient (Wildman–Crippen LogP) is 2.52. The molecule has 0 saturated carbocycles. The van der Waals surface area contributed by atoms with Crippen LogP contribution in [-0.2, 0) is 14.4 Å². The second-order valence-electron chi connectivity index (χ2n) is 6.28. The third-order valence-electron chi connectivity index (χ3n) is 4.37. The van der Waals surface area contributed by atoms with E-state index in [0.29, 0.717) is 24.8 Å². The second-order valence-corrected chi connectivity index (χ2v) is 6.28. The molecule has 1 aromatic rings. The first-order valence-electron chi connectivity index (χ1n) is 8.45. The molecule has 27 heavy (non-hydrogen) atoms. The predicted molar refractivity (Wildman–Crippen MR) is 94.0 cm³/mol. The molecular formula is C18H20N2O7. The average Bonchev–Trinajstić information content (AvgIpc) is 2.86. The average molecular weight is 376 g/mol. The summed E-state index contributed by atoms with van der Waals surface area (Å²) in [4.78, 5) is 46.8. The van der Waals surface area contributed by atoms with Gasteiger partial charge in [0.25, 0.3) is 11.6 Å². The van der Waals surface area contributed by atoms with E-state index in [1.807, 2.05) is 0 Å². The Morgan fingerprint density at radius 2 is 1.96 bits per heavy atom. The first-order chi connectivity index (χ1) is 12.7. The number of nitrogens with zero attached hydrogens (tertiary/aromatic N) is 2. The zero-order valence-corrected chi connectivity index (χ0v) is 14.8. The number of nitro benzene ring substituents is 1. The fraction of sp³-hybridized carbons (Fsp3) is 0.389. The molecule has 0 bridgehead atoms. The van der Waals surface area contributed by atoms with Crippen LogP contribution < -0.4 is 0 Å². The van der Waals surface area contributed by atoms with Crippen LogP contribution in [0.15, 0.2) is 35.6 Å². The van der Waals surface area contributed by atoms with Crippen molar-refractivity contribution in [1.82, 2.24) is 4.90 Å². The number of Topliss-reactive ketones (excluding diaryl/α,β-unsaturated/α-hetero) is 1. The number of aliphatic carboxylic acids is 1. The summed E-state index contributed by atoms with van der Waals surface area (Å²) in [6.45, 7) is 1.41. The molecule has 0 radical (unpaired) electrons. The molecule has 1 heterocycles. The Morgan fingerprint density at radius 1 is 1.26 bits per heavy atom. The summed E-state index contributed by atoms with van der Waals surface area (Å²) in [7, 11) is 0. The van der Waals surface area contributed by atoms with E-state index in [1.165, 1.54) is 30.0 Å². The summed E-state index contributed by atoms with van der Waals surface area (Å²) in [6, 6.07) is 4.68. The van der Waals surface area contributed by atoms with Crippen LogP contribution in [0.1, 0.15) is 44.2 Å². The lowest BCUT2D eigenvalue weighted by Gasteiger charge is -2.26. The molecule has 1 atom stereocenters. The van der Waals surface area contributed by atoms with Gasteiger partial charge in [0.05, 0.1) is 16.5 Å². The number of unbranched alkanes of at least 4 members (excludes halogenated alkanes) is 2. The molecule has 1 amide bonds. The van der Waals surface area contributed by atoms with Crippen molar-refractivity contribution in [2.75, 3.05) is 6.54 Å². The highest BCUT2D eigenvalue weighted by molar-refractivity contribution is 6.08. The standard InChI is InChI=1S/C18H20N2O7/c1-11(21)15-16(12-6-5-7-13(10-12)20(26)27)19(18(25)17(15)24)9-4-2-3-8-14(22)23/h5-7,10,16,24H,2-4,8-9H2,1H3,(H,22,23)/t16-/m0/s1. The molecule has 9 heteroatoms. The van der Waals surface area contributed by atoms with Crippen molar-refractivity contribution in [2.45, 2.75) is 38.6 Å². The molecule has 9 nitrogen and oxygen atoms in total. The van der Waals surface area contributed by atoms with Gasteiger partial charge >= 0.3 is 5.97 Å². The van der Waals surface area contributed by atoms with Gasteiger partial charge in [-0.25, -0.2) is 0 Å². The third-order valence-corrected chi connectivity index (χ3v) is 4.37. The summed E-state index contributed by atoms with van der Waals surface area (Å²) < 4.78 is 0. The van der Waals surface area contributed by atoms with Crippen molar-refractivity contribution in [3.05, 3.63) is 51.3 Å². The number of carbonyl (C=O) groups excluding carboxylic acids is 2. The quantitative estimate of drug-likeness (QED) is 0.383. The summed E-state index contributed by atoms with van der Waals surface area (Å²) in [5.41, 5.74) is 0.0824. The van der Waals surface area contributed by atoms with E-state index in [0.717, 1.165) is 0 Å². The normalized spacial score (nSPS) is 16.7. The number of ketones is 1. The highest BCUT2D eigenvalue weighted by Crippen LogP contribution is 2.38. The van der Waals surface area contributed by atoms with Gasteiger partial charge < -0.3 is 15.1 Å². The van der Waals surface area contributed by atoms with Crippen molar-refractivity contribution in [3.8, 4) is 0 Å². The third kappa shape index (κ3) is 4.49. The van der Waals surface area contributed by atoms with E-state index in [2.05, 4.69) is 0 Å². The van der Waals surface area contributed by atoms with Crippen molar-refractivity contribution >= 4 is 23.3 Å². The van der Waals surface area contributed by atoms with Gasteiger partial charge in [-0.2, -0.15) is 0 Å². The molecule has 0 aliphatic carbocycles. The van der Waals surface area contributed by atoms with Gasteiger partial charge in [0.2, 0.25) is 0 Å². The molecule has 144 valence electrons. The zero-order chi connectivity index (χ0) is 20.1. The fourth-order valence-electron chi connectivity index (χ4n) is 3.13. The Balaban J connectivity index is 2.28. The molecule has 2 rings (SSSR count). The monoisotopic (exact) mass is 376 g/mol. The van der Waals surface area contributed by atoms with E-state index in [9.17, 15) is 29.6 Å². The van der Waals surface area contributed by atoms with Crippen LogP contribution >= 0.6 is 0 Å². The van der Waals surface area contributed by atoms with Crippen LogP contribution in [0.25, 0.3) is 0 Å². The number of non-ortho nitro benzene ring substituents is 1. The number of amides is 1. The SMILES string of the molecule is CC(=O)C1=C(O)C(=O)N(CCCCCC(=O)O)[C@H]1c1cccc([N+](=O)[O-])c1. The van der Waals surface area contributed by atoms with Gasteiger partial charge in [0.15, 0.2) is 11.5 Å². The van der Waals surface area contributed by atoms with Crippen LogP contribution in [0.3, 0.4) is 0 Å². The molecular weight excluding hydrogens is 356 g/mol. The van der Waals surface area contributed by atoms with Crippen LogP contribution in [0.4, 0.5) is 5.69 Å². The lowest BCUT2D eigenvalue weighted by atomic mass is 9.96. The largest absolute Gasteiger partial charge is 0.503 e. The number of carboxylic acid groups (broad SMARTS) is 1. The van der Waals surface area contributed by atoms with E-state index in [-0.39, 0.29) is 24.2 Å². The summed E-state index contributed by atoms with van der Waals surface area (Å²) in [5.74, 6) is -2.76. The number of aliphatic hydroxyl groups excluding tert-OH is 1. The molecule has 1 aliphatic heterocycles. The minimum absolute atomic E-state index is 0.0183. The minimum Gasteiger partial charge on any atom is -0.503 e. The first kappa shape index (κ1) is 20.1. The Morgan fingerprint density at radius 3 is 2.56 bits per heavy atom. The maximum Gasteiger partial charge on any atom is 0.303 e. The summed E-state index contributed by atoms with van der Waals surface area (Å²) in [6.07, 6.45) is 1.49. The Hall–Kier alpha value is -3.23. The van der Waals surface area contributed by atoms with E-state index >= 15 is 0 Å². The van der Waals surface area contributed by atoms with Gasteiger partial charge in [0, 0.05) is 25.1 Å². The van der Waals surface area contributed by atoms with Gasteiger partial charge in [-0.05, 0) is 25.3 Å². The first-order valence-corrected chi connectivity index (χ1v) is 8.45. The Labute approximate surface area is 155 Å². The number of carboxylic acids is 1. The number of hydrogen-bond acceptors (Lipinski definition) is 6. The number of benzene rings is 1. The van der Waals surface area contributed by atoms with E-state index < -0.39 is 34.4 Å². The number of aliphatic hydroxyl groups is 1. The topological polar surface area (TPSA) is 138 Å². The Bertz CT molecular complexity index is 816. The van der Waals surface area contributed by atoms with Gasteiger partial charge in [-0.1, -0.05) is 18.6 Å². The molecule has 0 saturated heterocycles. The van der Waals surface area contributed by atoms with Gasteiger partial charge in [0.1, 0.15) is 0 Å². The number of nitro groups is 1. The lowest BCUT2D eigenvalue weighted by molar-refractivity contribution is -0.384. The number of hydrogen-bond donors (Lipinski definition) is 2. The van der Waals surface area contributed by atoms with E-state index in [1.54, 1.807) is 6.07 Å². The Kier molecular flexibility index (Phi) is 6.27. The van der Waals surface area contributed by atoms with E-state index in [4.69, 9.17) is 5.11 Å². The smallest absolute Gasteiger partial charge is 0.303 e. The van der Waals surface area contributed by atoms with Crippen LogP contribution in [-0.4, -0.2) is 44.2 Å². The summed E-state index contributed by atoms with van der Waals surface area (Å²) >= 11 is 0. The molecule has 0 fully saturated rings. The van der Waals surface area contributed by atoms with Gasteiger partial charge in [-0.3, -0.25) is 24.5 Å². The van der Waals surface area contributed by atoms with Crippen molar-refractivity contribution < 1.29 is 29.5 Å². The fourth-order valence-corrected chi connectivity index (χ4v) is 3.13. The molecule has 2 N–H and O–H groups in total. The maximum atomic E-state index is 12.4.